The van der Waals surface area contributed by atoms with Crippen molar-refractivity contribution in [3.8, 4) is 0 Å². The van der Waals surface area contributed by atoms with Gasteiger partial charge in [-0.2, -0.15) is 0 Å². The summed E-state index contributed by atoms with van der Waals surface area (Å²) < 4.78 is 5.29. The molecule has 1 aromatic carbocycles. The summed E-state index contributed by atoms with van der Waals surface area (Å²) in [7, 11) is 0. The highest BCUT2D eigenvalue weighted by Crippen LogP contribution is 2.10. The Labute approximate surface area is 168 Å². The number of ketones is 1. The van der Waals surface area contributed by atoms with E-state index in [1.807, 2.05) is 39.0 Å². The summed E-state index contributed by atoms with van der Waals surface area (Å²) >= 11 is 0. The molecule has 0 aliphatic rings. The molecule has 6 nitrogen and oxygen atoms in total. The molecule has 0 fully saturated rings. The fourth-order valence-electron chi connectivity index (χ4n) is 2.74. The molecule has 28 heavy (non-hydrogen) atoms. The summed E-state index contributed by atoms with van der Waals surface area (Å²) in [5, 5.41) is 5.68. The van der Waals surface area contributed by atoms with Crippen molar-refractivity contribution in [3.05, 3.63) is 35.9 Å². The Kier molecular flexibility index (Phi) is 9.69. The zero-order chi connectivity index (χ0) is 21.2. The number of carbonyl (C=O) groups excluding carboxylic acids is 3. The summed E-state index contributed by atoms with van der Waals surface area (Å²) in [6.07, 6.45) is 1.35. The molecule has 2 N–H and O–H groups in total. The van der Waals surface area contributed by atoms with Crippen molar-refractivity contribution in [1.82, 2.24) is 10.6 Å². The van der Waals surface area contributed by atoms with E-state index in [0.717, 1.165) is 6.42 Å². The Morgan fingerprint density at radius 3 is 2.25 bits per heavy atom. The van der Waals surface area contributed by atoms with E-state index in [9.17, 15) is 14.4 Å². The van der Waals surface area contributed by atoms with E-state index in [0.29, 0.717) is 30.9 Å². The van der Waals surface area contributed by atoms with Gasteiger partial charge in [-0.3, -0.25) is 9.59 Å². The predicted molar refractivity (Wildman–Crippen MR) is 110 cm³/mol. The van der Waals surface area contributed by atoms with Gasteiger partial charge in [0.1, 0.15) is 5.60 Å². The maximum absolute atomic E-state index is 12.1. The highest BCUT2D eigenvalue weighted by Gasteiger charge is 2.20. The normalized spacial score (nSPS) is 12.4. The van der Waals surface area contributed by atoms with E-state index in [1.54, 1.807) is 12.1 Å². The molecular weight excluding hydrogens is 356 g/mol. The van der Waals surface area contributed by atoms with Gasteiger partial charge in [0.25, 0.3) is 0 Å². The minimum atomic E-state index is -0.568. The second-order valence-corrected chi connectivity index (χ2v) is 8.42. The smallest absolute Gasteiger partial charge is 0.407 e. The summed E-state index contributed by atoms with van der Waals surface area (Å²) in [6.45, 7) is 9.87. The van der Waals surface area contributed by atoms with Crippen molar-refractivity contribution in [2.75, 3.05) is 6.54 Å². The monoisotopic (exact) mass is 390 g/mol. The highest BCUT2D eigenvalue weighted by molar-refractivity contribution is 5.96. The molecule has 1 rings (SSSR count). The minimum Gasteiger partial charge on any atom is -0.444 e. The zero-order valence-electron chi connectivity index (χ0n) is 17.7. The summed E-state index contributed by atoms with van der Waals surface area (Å²) in [5.41, 5.74) is 0.0996. The number of rotatable bonds is 10. The van der Waals surface area contributed by atoms with Gasteiger partial charge in [0.15, 0.2) is 5.78 Å². The molecule has 0 aliphatic heterocycles. The van der Waals surface area contributed by atoms with Gasteiger partial charge in [-0.15, -0.1) is 0 Å². The van der Waals surface area contributed by atoms with E-state index in [2.05, 4.69) is 24.5 Å². The molecule has 0 saturated carbocycles. The standard InChI is InChI=1S/C22H34N2O4/c1-16(2)14-18(24-21(27)28-22(3,4)5)15-23-20(26)13-9-12-19(25)17-10-7-6-8-11-17/h6-8,10-11,16,18H,9,12-15H2,1-5H3,(H,23,26)(H,24,27). The molecular formula is C22H34N2O4. The molecule has 156 valence electrons. The number of amides is 2. The van der Waals surface area contributed by atoms with Crippen LogP contribution in [0.5, 0.6) is 0 Å². The third-order valence-electron chi connectivity index (χ3n) is 3.93. The molecule has 1 aromatic rings. The molecule has 0 aromatic heterocycles. The van der Waals surface area contributed by atoms with Crippen LogP contribution in [0.1, 0.15) is 70.7 Å². The first kappa shape index (κ1) is 23.7. The SMILES string of the molecule is CC(C)CC(CNC(=O)CCCC(=O)c1ccccc1)NC(=O)OC(C)(C)C. The third-order valence-corrected chi connectivity index (χ3v) is 3.93. The first-order chi connectivity index (χ1) is 13.1. The van der Waals surface area contributed by atoms with Crippen molar-refractivity contribution in [1.29, 1.82) is 0 Å². The van der Waals surface area contributed by atoms with E-state index in [4.69, 9.17) is 4.74 Å². The number of carbonyl (C=O) groups is 3. The Morgan fingerprint density at radius 2 is 1.68 bits per heavy atom. The van der Waals surface area contributed by atoms with Gasteiger partial charge in [-0.05, 0) is 39.5 Å². The van der Waals surface area contributed by atoms with Crippen LogP contribution in [-0.4, -0.2) is 36.0 Å². The topological polar surface area (TPSA) is 84.5 Å². The van der Waals surface area contributed by atoms with Crippen LogP contribution in [-0.2, 0) is 9.53 Å². The number of hydrogen-bond donors (Lipinski definition) is 2. The molecule has 2 amide bonds. The molecule has 0 aliphatic carbocycles. The lowest BCUT2D eigenvalue weighted by molar-refractivity contribution is -0.121. The third kappa shape index (κ3) is 10.7. The van der Waals surface area contributed by atoms with E-state index >= 15 is 0 Å². The molecule has 0 saturated heterocycles. The van der Waals surface area contributed by atoms with Gasteiger partial charge in [0.05, 0.1) is 0 Å². The minimum absolute atomic E-state index is 0.0395. The number of benzene rings is 1. The van der Waals surface area contributed by atoms with E-state index in [-0.39, 0.29) is 24.2 Å². The van der Waals surface area contributed by atoms with Gasteiger partial charge >= 0.3 is 6.09 Å². The predicted octanol–water partition coefficient (Wildman–Crippen LogP) is 4.10. The Balaban J connectivity index is 2.39. The molecule has 6 heteroatoms. The summed E-state index contributed by atoms with van der Waals surface area (Å²) in [4.78, 5) is 36.1. The van der Waals surface area contributed by atoms with Crippen molar-refractivity contribution < 1.29 is 19.1 Å². The lowest BCUT2D eigenvalue weighted by Crippen LogP contribution is -2.46. The number of hydrogen-bond acceptors (Lipinski definition) is 4. The van der Waals surface area contributed by atoms with Crippen molar-refractivity contribution in [3.63, 3.8) is 0 Å². The van der Waals surface area contributed by atoms with Crippen LogP contribution in [0, 0.1) is 5.92 Å². The average Bonchev–Trinajstić information content (AvgIpc) is 2.58. The maximum atomic E-state index is 12.1. The molecule has 0 bridgehead atoms. The van der Waals surface area contributed by atoms with Crippen LogP contribution in [0.25, 0.3) is 0 Å². The number of Topliss-reactive ketones (excluding diaryl/α,β-unsaturated/α-hetero) is 1. The quantitative estimate of drug-likeness (QED) is 0.589. The van der Waals surface area contributed by atoms with Gasteiger partial charge in [0.2, 0.25) is 5.91 Å². The number of nitrogens with one attached hydrogen (secondary N) is 2. The highest BCUT2D eigenvalue weighted by atomic mass is 16.6. The lowest BCUT2D eigenvalue weighted by Gasteiger charge is -2.25. The zero-order valence-corrected chi connectivity index (χ0v) is 17.7. The summed E-state index contributed by atoms with van der Waals surface area (Å²) in [6, 6.07) is 8.87. The van der Waals surface area contributed by atoms with E-state index in [1.165, 1.54) is 0 Å². The Hall–Kier alpha value is -2.37. The van der Waals surface area contributed by atoms with Crippen molar-refractivity contribution in [2.45, 2.75) is 71.9 Å². The van der Waals surface area contributed by atoms with Gasteiger partial charge < -0.3 is 15.4 Å². The number of alkyl carbamates (subject to hydrolysis) is 1. The second-order valence-electron chi connectivity index (χ2n) is 8.42. The number of ether oxygens (including phenoxy) is 1. The lowest BCUT2D eigenvalue weighted by atomic mass is 10.0. The van der Waals surface area contributed by atoms with Crippen LogP contribution < -0.4 is 10.6 Å². The van der Waals surface area contributed by atoms with Gasteiger partial charge in [-0.25, -0.2) is 4.79 Å². The Morgan fingerprint density at radius 1 is 1.04 bits per heavy atom. The average molecular weight is 391 g/mol. The molecule has 1 atom stereocenters. The molecule has 0 heterocycles. The largest absolute Gasteiger partial charge is 0.444 e. The maximum Gasteiger partial charge on any atom is 0.407 e. The fourth-order valence-corrected chi connectivity index (χ4v) is 2.74. The van der Waals surface area contributed by atoms with Gasteiger partial charge in [-0.1, -0.05) is 44.2 Å². The van der Waals surface area contributed by atoms with Crippen LogP contribution in [0.15, 0.2) is 30.3 Å². The van der Waals surface area contributed by atoms with Gasteiger partial charge in [0, 0.05) is 31.0 Å². The second kappa shape index (κ2) is 11.5. The first-order valence-corrected chi connectivity index (χ1v) is 9.91. The first-order valence-electron chi connectivity index (χ1n) is 9.91. The van der Waals surface area contributed by atoms with Crippen LogP contribution in [0.4, 0.5) is 4.79 Å². The van der Waals surface area contributed by atoms with Crippen molar-refractivity contribution in [2.24, 2.45) is 5.92 Å². The Bertz CT molecular complexity index is 636. The molecule has 0 radical (unpaired) electrons. The molecule has 0 spiro atoms. The van der Waals surface area contributed by atoms with Crippen LogP contribution >= 0.6 is 0 Å². The van der Waals surface area contributed by atoms with E-state index < -0.39 is 11.7 Å². The van der Waals surface area contributed by atoms with Crippen LogP contribution in [0.3, 0.4) is 0 Å². The van der Waals surface area contributed by atoms with Crippen molar-refractivity contribution >= 4 is 17.8 Å². The molecule has 1 unspecified atom stereocenters. The van der Waals surface area contributed by atoms with Crippen LogP contribution in [0.2, 0.25) is 0 Å². The fraction of sp³-hybridized carbons (Fsp3) is 0.591. The summed E-state index contributed by atoms with van der Waals surface area (Å²) in [5.74, 6) is 0.276.